The first-order valence-corrected chi connectivity index (χ1v) is 5.32. The molecule has 1 nitrogen and oxygen atoms in total. The Morgan fingerprint density at radius 1 is 0.923 bits per heavy atom. The first-order valence-electron chi connectivity index (χ1n) is 5.32. The van der Waals surface area contributed by atoms with Gasteiger partial charge in [0.1, 0.15) is 5.78 Å². The molecule has 0 atom stereocenters. The number of halogens is 1. The van der Waals surface area contributed by atoms with E-state index in [0.29, 0.717) is 6.42 Å². The molecule has 0 N–H and O–H groups in total. The number of ketones is 1. The topological polar surface area (TPSA) is 17.1 Å². The first kappa shape index (κ1) is 12.6. The number of unbranched alkanes of at least 4 members (excludes halogenated alkanes) is 6. The Kier molecular flexibility index (Phi) is 9.39. The van der Waals surface area contributed by atoms with E-state index in [4.69, 9.17) is 0 Å². The van der Waals surface area contributed by atoms with Gasteiger partial charge in [-0.1, -0.05) is 32.1 Å². The van der Waals surface area contributed by atoms with Crippen molar-refractivity contribution < 1.29 is 9.18 Å². The van der Waals surface area contributed by atoms with Crippen molar-refractivity contribution in [2.45, 2.75) is 58.3 Å². The second-order valence-corrected chi connectivity index (χ2v) is 3.62. The Labute approximate surface area is 80.7 Å². The number of alkyl halides is 1. The third-order valence-electron chi connectivity index (χ3n) is 2.16. The molecule has 0 aliphatic rings. The molecular formula is C11H21FO. The Morgan fingerprint density at radius 2 is 1.38 bits per heavy atom. The number of carbonyl (C=O) groups is 1. The summed E-state index contributed by atoms with van der Waals surface area (Å²) < 4.78 is 11.7. The predicted octanol–water partition coefficient (Wildman–Crippen LogP) is 3.67. The van der Waals surface area contributed by atoms with E-state index in [9.17, 15) is 9.18 Å². The molecule has 0 aromatic carbocycles. The molecule has 0 saturated heterocycles. The lowest BCUT2D eigenvalue weighted by Gasteiger charge is -1.99. The molecule has 0 amide bonds. The van der Waals surface area contributed by atoms with Crippen LogP contribution < -0.4 is 0 Å². The standard InChI is InChI=1S/C11H21FO/c1-11(13)9-7-5-3-2-4-6-8-10-12/h2-10H2,1H3. The highest BCUT2D eigenvalue weighted by molar-refractivity contribution is 5.75. The lowest BCUT2D eigenvalue weighted by molar-refractivity contribution is -0.117. The van der Waals surface area contributed by atoms with Gasteiger partial charge in [0.05, 0.1) is 6.67 Å². The van der Waals surface area contributed by atoms with Gasteiger partial charge < -0.3 is 4.79 Å². The Balaban J connectivity index is 2.87. The number of hydrogen-bond acceptors (Lipinski definition) is 1. The van der Waals surface area contributed by atoms with Gasteiger partial charge in [0.2, 0.25) is 0 Å². The molecule has 0 saturated carbocycles. The van der Waals surface area contributed by atoms with Gasteiger partial charge in [0.25, 0.3) is 0 Å². The fourth-order valence-electron chi connectivity index (χ4n) is 1.35. The molecule has 0 aromatic heterocycles. The molecule has 0 unspecified atom stereocenters. The highest BCUT2D eigenvalue weighted by Crippen LogP contribution is 2.08. The maximum Gasteiger partial charge on any atom is 0.129 e. The first-order chi connectivity index (χ1) is 6.27. The zero-order valence-electron chi connectivity index (χ0n) is 8.65. The molecule has 2 heteroatoms. The molecule has 78 valence electrons. The molecular weight excluding hydrogens is 167 g/mol. The maximum atomic E-state index is 11.7. The van der Waals surface area contributed by atoms with Crippen LogP contribution in [0, 0.1) is 0 Å². The largest absolute Gasteiger partial charge is 0.300 e. The third-order valence-corrected chi connectivity index (χ3v) is 2.16. The second kappa shape index (κ2) is 9.69. The van der Waals surface area contributed by atoms with E-state index in [-0.39, 0.29) is 12.5 Å². The van der Waals surface area contributed by atoms with E-state index in [1.165, 1.54) is 12.8 Å². The summed E-state index contributed by atoms with van der Waals surface area (Å²) in [6, 6.07) is 0. The minimum atomic E-state index is -0.176. The maximum absolute atomic E-state index is 11.7. The minimum Gasteiger partial charge on any atom is -0.300 e. The summed E-state index contributed by atoms with van der Waals surface area (Å²) >= 11 is 0. The molecule has 13 heavy (non-hydrogen) atoms. The van der Waals surface area contributed by atoms with Gasteiger partial charge >= 0.3 is 0 Å². The molecule has 0 heterocycles. The van der Waals surface area contributed by atoms with E-state index in [1.54, 1.807) is 6.92 Å². The van der Waals surface area contributed by atoms with Gasteiger partial charge in [-0.3, -0.25) is 4.39 Å². The number of rotatable bonds is 9. The normalized spacial score (nSPS) is 10.3. The summed E-state index contributed by atoms with van der Waals surface area (Å²) in [5.74, 6) is 0.289. The van der Waals surface area contributed by atoms with Crippen molar-refractivity contribution in [3.8, 4) is 0 Å². The second-order valence-electron chi connectivity index (χ2n) is 3.62. The van der Waals surface area contributed by atoms with Crippen LogP contribution in [0.1, 0.15) is 58.3 Å². The number of carbonyl (C=O) groups excluding carboxylic acids is 1. The minimum absolute atomic E-state index is 0.176. The average molecular weight is 188 g/mol. The van der Waals surface area contributed by atoms with Crippen LogP contribution in [0.15, 0.2) is 0 Å². The molecule has 0 aliphatic carbocycles. The molecule has 0 fully saturated rings. The Morgan fingerprint density at radius 3 is 1.85 bits per heavy atom. The molecule has 0 rings (SSSR count). The Bertz CT molecular complexity index is 123. The summed E-state index contributed by atoms with van der Waals surface area (Å²) in [4.78, 5) is 10.6. The van der Waals surface area contributed by atoms with Crippen LogP contribution in [0.25, 0.3) is 0 Å². The summed E-state index contributed by atoms with van der Waals surface area (Å²) in [7, 11) is 0. The van der Waals surface area contributed by atoms with Gasteiger partial charge in [-0.15, -0.1) is 0 Å². The smallest absolute Gasteiger partial charge is 0.129 e. The van der Waals surface area contributed by atoms with Crippen molar-refractivity contribution in [2.75, 3.05) is 6.67 Å². The summed E-state index contributed by atoms with van der Waals surface area (Å²) in [6.45, 7) is 1.46. The monoisotopic (exact) mass is 188 g/mol. The van der Waals surface area contributed by atoms with Gasteiger partial charge in [0, 0.05) is 6.42 Å². The zero-order valence-corrected chi connectivity index (χ0v) is 8.65. The lowest BCUT2D eigenvalue weighted by Crippen LogP contribution is -1.89. The van der Waals surface area contributed by atoms with Gasteiger partial charge in [-0.25, -0.2) is 0 Å². The SMILES string of the molecule is CC(=O)CCCCCCCCCF. The van der Waals surface area contributed by atoms with Gasteiger partial charge in [-0.2, -0.15) is 0 Å². The van der Waals surface area contributed by atoms with Crippen LogP contribution in [0.5, 0.6) is 0 Å². The molecule has 0 bridgehead atoms. The van der Waals surface area contributed by atoms with E-state index in [0.717, 1.165) is 32.1 Å². The Hall–Kier alpha value is -0.400. The van der Waals surface area contributed by atoms with E-state index in [2.05, 4.69) is 0 Å². The fourth-order valence-corrected chi connectivity index (χ4v) is 1.35. The van der Waals surface area contributed by atoms with Gasteiger partial charge in [0.15, 0.2) is 0 Å². The average Bonchev–Trinajstić information content (AvgIpc) is 2.09. The molecule has 0 aliphatic heterocycles. The summed E-state index contributed by atoms with van der Waals surface area (Å²) in [5, 5.41) is 0. The third kappa shape index (κ3) is 11.6. The summed E-state index contributed by atoms with van der Waals surface area (Å²) in [5.41, 5.74) is 0. The van der Waals surface area contributed by atoms with Gasteiger partial charge in [-0.05, 0) is 19.8 Å². The lowest BCUT2D eigenvalue weighted by atomic mass is 10.1. The summed E-state index contributed by atoms with van der Waals surface area (Å²) in [6.07, 6.45) is 8.16. The van der Waals surface area contributed by atoms with E-state index >= 15 is 0 Å². The van der Waals surface area contributed by atoms with E-state index < -0.39 is 0 Å². The van der Waals surface area contributed by atoms with Crippen molar-refractivity contribution in [3.63, 3.8) is 0 Å². The van der Waals surface area contributed by atoms with Crippen LogP contribution in [0.4, 0.5) is 4.39 Å². The predicted molar refractivity (Wildman–Crippen MR) is 53.6 cm³/mol. The molecule has 0 radical (unpaired) electrons. The van der Waals surface area contributed by atoms with Crippen molar-refractivity contribution >= 4 is 5.78 Å². The van der Waals surface area contributed by atoms with Crippen LogP contribution in [0.3, 0.4) is 0 Å². The molecule has 0 aromatic rings. The quantitative estimate of drug-likeness (QED) is 0.505. The number of hydrogen-bond donors (Lipinski definition) is 0. The van der Waals surface area contributed by atoms with Crippen LogP contribution >= 0.6 is 0 Å². The van der Waals surface area contributed by atoms with Crippen molar-refractivity contribution in [1.29, 1.82) is 0 Å². The molecule has 0 spiro atoms. The highest BCUT2D eigenvalue weighted by Gasteiger charge is 1.94. The van der Waals surface area contributed by atoms with Crippen molar-refractivity contribution in [1.82, 2.24) is 0 Å². The fraction of sp³-hybridized carbons (Fsp3) is 0.909. The van der Waals surface area contributed by atoms with Crippen molar-refractivity contribution in [3.05, 3.63) is 0 Å². The van der Waals surface area contributed by atoms with Crippen molar-refractivity contribution in [2.24, 2.45) is 0 Å². The van der Waals surface area contributed by atoms with E-state index in [1.807, 2.05) is 0 Å². The van der Waals surface area contributed by atoms with Crippen LogP contribution in [-0.2, 0) is 4.79 Å². The van der Waals surface area contributed by atoms with Crippen LogP contribution in [0.2, 0.25) is 0 Å². The zero-order chi connectivity index (χ0) is 9.94. The highest BCUT2D eigenvalue weighted by atomic mass is 19.1. The van der Waals surface area contributed by atoms with Crippen LogP contribution in [-0.4, -0.2) is 12.5 Å². The number of Topliss-reactive ketones (excluding diaryl/α,β-unsaturated/α-hetero) is 1.